The highest BCUT2D eigenvalue weighted by atomic mass is 35.5. The van der Waals surface area contributed by atoms with Crippen LogP contribution in [0.2, 0.25) is 5.02 Å². The molecule has 0 aliphatic carbocycles. The molecule has 1 aromatic carbocycles. The van der Waals surface area contributed by atoms with Crippen molar-refractivity contribution in [2.24, 2.45) is 0 Å². The Labute approximate surface area is 162 Å². The van der Waals surface area contributed by atoms with E-state index in [0.29, 0.717) is 16.9 Å². The van der Waals surface area contributed by atoms with Crippen molar-refractivity contribution in [1.82, 2.24) is 20.1 Å². The fourth-order valence-electron chi connectivity index (χ4n) is 3.31. The van der Waals surface area contributed by atoms with E-state index in [1.54, 1.807) is 0 Å². The van der Waals surface area contributed by atoms with Gasteiger partial charge < -0.3 is 14.7 Å². The summed E-state index contributed by atoms with van der Waals surface area (Å²) in [6, 6.07) is 10.2. The van der Waals surface area contributed by atoms with Crippen molar-refractivity contribution in [3.8, 4) is 11.4 Å². The van der Waals surface area contributed by atoms with Crippen molar-refractivity contribution < 1.29 is 4.52 Å². The molecule has 1 aliphatic rings. The third-order valence-corrected chi connectivity index (χ3v) is 4.84. The topological polar surface area (TPSA) is 80.0 Å². The van der Waals surface area contributed by atoms with Crippen molar-refractivity contribution >= 4 is 23.4 Å². The summed E-state index contributed by atoms with van der Waals surface area (Å²) in [4.78, 5) is 15.6. The van der Waals surface area contributed by atoms with E-state index in [0.717, 1.165) is 48.8 Å². The van der Waals surface area contributed by atoms with Crippen LogP contribution >= 0.6 is 11.6 Å². The molecule has 1 N–H and O–H groups in total. The second-order valence-electron chi connectivity index (χ2n) is 6.75. The Kier molecular flexibility index (Phi) is 4.94. The van der Waals surface area contributed by atoms with Crippen molar-refractivity contribution in [3.63, 3.8) is 0 Å². The van der Waals surface area contributed by atoms with E-state index in [9.17, 15) is 0 Å². The number of benzene rings is 1. The van der Waals surface area contributed by atoms with Crippen LogP contribution in [0.15, 0.2) is 34.9 Å². The molecule has 140 valence electrons. The number of halogens is 1. The van der Waals surface area contributed by atoms with Gasteiger partial charge in [-0.15, -0.1) is 0 Å². The quantitative estimate of drug-likeness (QED) is 0.731. The van der Waals surface area contributed by atoms with E-state index in [1.165, 1.54) is 0 Å². The first-order chi connectivity index (χ1) is 13.1. The number of nitrogens with zero attached hydrogens (tertiary/aromatic N) is 5. The summed E-state index contributed by atoms with van der Waals surface area (Å²) in [5.41, 5.74) is 1.83. The number of aromatic nitrogens is 4. The first kappa shape index (κ1) is 17.7. The number of hydrogen-bond donors (Lipinski definition) is 1. The van der Waals surface area contributed by atoms with Crippen LogP contribution < -0.4 is 10.2 Å². The van der Waals surface area contributed by atoms with E-state index in [-0.39, 0.29) is 6.04 Å². The molecule has 0 saturated carbocycles. The van der Waals surface area contributed by atoms with Crippen LogP contribution in [0.4, 0.5) is 11.8 Å². The van der Waals surface area contributed by atoms with Gasteiger partial charge in [-0.1, -0.05) is 28.9 Å². The summed E-state index contributed by atoms with van der Waals surface area (Å²) in [5, 5.41) is 8.04. The van der Waals surface area contributed by atoms with Crippen LogP contribution in [0, 0.1) is 13.8 Å². The van der Waals surface area contributed by atoms with Crippen molar-refractivity contribution in [2.45, 2.75) is 32.7 Å². The molecule has 0 atom stereocenters. The second-order valence-corrected chi connectivity index (χ2v) is 7.19. The van der Waals surface area contributed by atoms with Crippen LogP contribution in [-0.4, -0.2) is 39.2 Å². The number of aryl methyl sites for hydroxylation is 2. The van der Waals surface area contributed by atoms with Gasteiger partial charge in [0, 0.05) is 41.5 Å². The van der Waals surface area contributed by atoms with Gasteiger partial charge in [0.15, 0.2) is 0 Å². The minimum absolute atomic E-state index is 0.290. The van der Waals surface area contributed by atoms with Gasteiger partial charge in [-0.3, -0.25) is 0 Å². The second kappa shape index (κ2) is 7.52. The Bertz CT molecular complexity index is 915. The molecule has 8 heteroatoms. The predicted molar refractivity (Wildman–Crippen MR) is 105 cm³/mol. The monoisotopic (exact) mass is 384 g/mol. The standard InChI is InChI=1S/C19H21ClN6O/c1-12-10-17(22-13(2)21-12)26-8-6-16(7-9-26)23-19-24-18(25-27-19)14-4-3-5-15(20)11-14/h3-5,10-11,16H,6-9H2,1-2H3,(H,23,24,25). The average molecular weight is 385 g/mol. The molecule has 0 amide bonds. The summed E-state index contributed by atoms with van der Waals surface area (Å²) in [7, 11) is 0. The molecular weight excluding hydrogens is 364 g/mol. The third kappa shape index (κ3) is 4.19. The third-order valence-electron chi connectivity index (χ3n) is 4.61. The van der Waals surface area contributed by atoms with Gasteiger partial charge in [0.25, 0.3) is 0 Å². The Balaban J connectivity index is 1.37. The fraction of sp³-hybridized carbons (Fsp3) is 0.368. The maximum absolute atomic E-state index is 6.03. The smallest absolute Gasteiger partial charge is 0.322 e. The van der Waals surface area contributed by atoms with Crippen molar-refractivity contribution in [2.75, 3.05) is 23.3 Å². The Morgan fingerprint density at radius 3 is 2.67 bits per heavy atom. The number of piperidine rings is 1. The van der Waals surface area contributed by atoms with E-state index in [4.69, 9.17) is 16.1 Å². The van der Waals surface area contributed by atoms with E-state index in [1.807, 2.05) is 44.2 Å². The zero-order valence-corrected chi connectivity index (χ0v) is 16.1. The van der Waals surface area contributed by atoms with Crippen LogP contribution in [-0.2, 0) is 0 Å². The van der Waals surface area contributed by atoms with Crippen molar-refractivity contribution in [3.05, 3.63) is 46.9 Å². The summed E-state index contributed by atoms with van der Waals surface area (Å²) in [5.74, 6) is 2.34. The summed E-state index contributed by atoms with van der Waals surface area (Å²) < 4.78 is 5.36. The molecule has 0 radical (unpaired) electrons. The Morgan fingerprint density at radius 2 is 1.93 bits per heavy atom. The van der Waals surface area contributed by atoms with E-state index >= 15 is 0 Å². The SMILES string of the molecule is Cc1cc(N2CCC(Nc3nc(-c4cccc(Cl)c4)no3)CC2)nc(C)n1. The summed E-state index contributed by atoms with van der Waals surface area (Å²) in [6.07, 6.45) is 1.94. The predicted octanol–water partition coefficient (Wildman–Crippen LogP) is 3.88. The molecule has 1 saturated heterocycles. The molecule has 2 aromatic heterocycles. The lowest BCUT2D eigenvalue weighted by Gasteiger charge is -2.32. The van der Waals surface area contributed by atoms with Gasteiger partial charge in [0.1, 0.15) is 11.6 Å². The maximum atomic E-state index is 6.03. The fourth-order valence-corrected chi connectivity index (χ4v) is 3.50. The molecule has 1 fully saturated rings. The Hall–Kier alpha value is -2.67. The van der Waals surface area contributed by atoms with Crippen molar-refractivity contribution in [1.29, 1.82) is 0 Å². The highest BCUT2D eigenvalue weighted by Crippen LogP contribution is 2.24. The van der Waals surface area contributed by atoms with Crippen LogP contribution in [0.3, 0.4) is 0 Å². The minimum atomic E-state index is 0.290. The lowest BCUT2D eigenvalue weighted by molar-refractivity contribution is 0.418. The highest BCUT2D eigenvalue weighted by Gasteiger charge is 2.22. The lowest BCUT2D eigenvalue weighted by Crippen LogP contribution is -2.39. The molecule has 3 heterocycles. The van der Waals surface area contributed by atoms with Crippen LogP contribution in [0.1, 0.15) is 24.4 Å². The summed E-state index contributed by atoms with van der Waals surface area (Å²) in [6.45, 7) is 5.77. The molecule has 1 aliphatic heterocycles. The average Bonchev–Trinajstić information content (AvgIpc) is 3.10. The number of rotatable bonds is 4. The normalized spacial score (nSPS) is 15.1. The molecule has 0 spiro atoms. The summed E-state index contributed by atoms with van der Waals surface area (Å²) >= 11 is 6.03. The first-order valence-corrected chi connectivity index (χ1v) is 9.38. The van der Waals surface area contributed by atoms with Gasteiger partial charge >= 0.3 is 6.01 Å². The number of nitrogens with one attached hydrogen (secondary N) is 1. The van der Waals surface area contributed by atoms with Gasteiger partial charge in [0.05, 0.1) is 0 Å². The first-order valence-electron chi connectivity index (χ1n) is 9.00. The maximum Gasteiger partial charge on any atom is 0.322 e. The van der Waals surface area contributed by atoms with Crippen LogP contribution in [0.5, 0.6) is 0 Å². The number of hydrogen-bond acceptors (Lipinski definition) is 7. The largest absolute Gasteiger partial charge is 0.356 e. The molecule has 0 bridgehead atoms. The molecule has 7 nitrogen and oxygen atoms in total. The van der Waals surface area contributed by atoms with Gasteiger partial charge in [0.2, 0.25) is 5.82 Å². The molecular formula is C19H21ClN6O. The molecule has 3 aromatic rings. The highest BCUT2D eigenvalue weighted by molar-refractivity contribution is 6.30. The van der Waals surface area contributed by atoms with Gasteiger partial charge in [-0.2, -0.15) is 4.98 Å². The van der Waals surface area contributed by atoms with Gasteiger partial charge in [-0.05, 0) is 38.8 Å². The lowest BCUT2D eigenvalue weighted by atomic mass is 10.1. The molecule has 0 unspecified atom stereocenters. The molecule has 4 rings (SSSR count). The molecule has 27 heavy (non-hydrogen) atoms. The minimum Gasteiger partial charge on any atom is -0.356 e. The van der Waals surface area contributed by atoms with E-state index in [2.05, 4.69) is 30.3 Å². The zero-order chi connectivity index (χ0) is 18.8. The number of anilines is 2. The van der Waals surface area contributed by atoms with Crippen LogP contribution in [0.25, 0.3) is 11.4 Å². The van der Waals surface area contributed by atoms with Gasteiger partial charge in [-0.25, -0.2) is 9.97 Å². The van der Waals surface area contributed by atoms with E-state index < -0.39 is 0 Å². The zero-order valence-electron chi connectivity index (χ0n) is 15.3. The Morgan fingerprint density at radius 1 is 1.11 bits per heavy atom.